The Hall–Kier alpha value is -1.77. The predicted octanol–water partition coefficient (Wildman–Crippen LogP) is 3.10. The lowest BCUT2D eigenvalue weighted by atomic mass is 10.0. The molecule has 0 aliphatic carbocycles. The molecule has 17 heavy (non-hydrogen) atoms. The third kappa shape index (κ3) is 2.18. The predicted molar refractivity (Wildman–Crippen MR) is 71.7 cm³/mol. The van der Waals surface area contributed by atoms with Crippen molar-refractivity contribution in [1.82, 2.24) is 9.55 Å². The summed E-state index contributed by atoms with van der Waals surface area (Å²) in [4.78, 5) is 4.45. The van der Waals surface area contributed by atoms with Gasteiger partial charge in [0.1, 0.15) is 11.5 Å². The lowest BCUT2D eigenvalue weighted by Crippen LogP contribution is -2.01. The van der Waals surface area contributed by atoms with Crippen LogP contribution in [0.1, 0.15) is 25.8 Å². The van der Waals surface area contributed by atoms with Gasteiger partial charge in [0.15, 0.2) is 0 Å². The van der Waals surface area contributed by atoms with E-state index in [1.165, 1.54) is 5.56 Å². The van der Waals surface area contributed by atoms with Crippen molar-refractivity contribution in [2.75, 3.05) is 5.73 Å². The molecule has 0 bridgehead atoms. The van der Waals surface area contributed by atoms with Gasteiger partial charge in [0.2, 0.25) is 0 Å². The van der Waals surface area contributed by atoms with Crippen molar-refractivity contribution in [2.24, 2.45) is 0 Å². The molecule has 0 radical (unpaired) electrons. The van der Waals surface area contributed by atoms with Crippen molar-refractivity contribution in [2.45, 2.75) is 33.2 Å². The van der Waals surface area contributed by atoms with Gasteiger partial charge in [-0.2, -0.15) is 0 Å². The van der Waals surface area contributed by atoms with Gasteiger partial charge in [-0.05, 0) is 18.4 Å². The topological polar surface area (TPSA) is 43.8 Å². The molecule has 2 N–H and O–H groups in total. The van der Waals surface area contributed by atoms with Crippen LogP contribution in [0.25, 0.3) is 11.3 Å². The van der Waals surface area contributed by atoms with Crippen LogP contribution in [0.3, 0.4) is 0 Å². The molecule has 0 unspecified atom stereocenters. The molecule has 0 aliphatic rings. The van der Waals surface area contributed by atoms with Crippen LogP contribution < -0.4 is 5.73 Å². The van der Waals surface area contributed by atoms with E-state index in [-0.39, 0.29) is 0 Å². The van der Waals surface area contributed by atoms with Crippen LogP contribution in [0.2, 0.25) is 0 Å². The largest absolute Gasteiger partial charge is 0.383 e. The average molecular weight is 229 g/mol. The van der Waals surface area contributed by atoms with Crippen molar-refractivity contribution in [3.05, 3.63) is 36.2 Å². The standard InChI is InChI=1S/C14H19N3/c1-3-9-17-10-16-13(14(17)15)12-8-6-5-7-11(12)4-2/h5-8,10H,3-4,9,15H2,1-2H3. The lowest BCUT2D eigenvalue weighted by molar-refractivity contribution is 0.686. The van der Waals surface area contributed by atoms with Crippen molar-refractivity contribution in [1.29, 1.82) is 0 Å². The van der Waals surface area contributed by atoms with Gasteiger partial charge in [-0.3, -0.25) is 0 Å². The molecule has 2 aromatic rings. The molecule has 0 saturated heterocycles. The van der Waals surface area contributed by atoms with E-state index in [1.54, 1.807) is 0 Å². The zero-order chi connectivity index (χ0) is 12.3. The van der Waals surface area contributed by atoms with E-state index >= 15 is 0 Å². The Morgan fingerprint density at radius 2 is 2.00 bits per heavy atom. The Balaban J connectivity index is 2.46. The fourth-order valence-electron chi connectivity index (χ4n) is 2.08. The second-order valence-electron chi connectivity index (χ2n) is 4.18. The number of aromatic nitrogens is 2. The second-order valence-corrected chi connectivity index (χ2v) is 4.18. The first-order valence-electron chi connectivity index (χ1n) is 6.16. The van der Waals surface area contributed by atoms with Gasteiger partial charge in [-0.25, -0.2) is 4.98 Å². The summed E-state index contributed by atoms with van der Waals surface area (Å²) in [6, 6.07) is 8.32. The maximum absolute atomic E-state index is 6.15. The summed E-state index contributed by atoms with van der Waals surface area (Å²) < 4.78 is 2.02. The molecular weight excluding hydrogens is 210 g/mol. The highest BCUT2D eigenvalue weighted by Crippen LogP contribution is 2.27. The smallest absolute Gasteiger partial charge is 0.131 e. The van der Waals surface area contributed by atoms with Crippen LogP contribution in [-0.4, -0.2) is 9.55 Å². The minimum absolute atomic E-state index is 0.771. The van der Waals surface area contributed by atoms with Crippen LogP contribution in [-0.2, 0) is 13.0 Å². The number of nitrogen functional groups attached to an aromatic ring is 1. The highest BCUT2D eigenvalue weighted by molar-refractivity contribution is 5.73. The van der Waals surface area contributed by atoms with E-state index in [9.17, 15) is 0 Å². The van der Waals surface area contributed by atoms with Crippen LogP contribution in [0.4, 0.5) is 5.82 Å². The normalized spacial score (nSPS) is 10.7. The number of hydrogen-bond acceptors (Lipinski definition) is 2. The number of benzene rings is 1. The number of nitrogens with zero attached hydrogens (tertiary/aromatic N) is 2. The highest BCUT2D eigenvalue weighted by atomic mass is 15.1. The Morgan fingerprint density at radius 3 is 2.71 bits per heavy atom. The van der Waals surface area contributed by atoms with Crippen molar-refractivity contribution in [3.63, 3.8) is 0 Å². The minimum Gasteiger partial charge on any atom is -0.383 e. The summed E-state index contributed by atoms with van der Waals surface area (Å²) in [7, 11) is 0. The first-order chi connectivity index (χ1) is 8.27. The molecule has 2 rings (SSSR count). The zero-order valence-corrected chi connectivity index (χ0v) is 10.5. The van der Waals surface area contributed by atoms with Crippen LogP contribution in [0, 0.1) is 0 Å². The van der Waals surface area contributed by atoms with E-state index in [1.807, 2.05) is 17.0 Å². The molecule has 0 spiro atoms. The van der Waals surface area contributed by atoms with Gasteiger partial charge in [0, 0.05) is 12.1 Å². The summed E-state index contributed by atoms with van der Waals surface area (Å²) >= 11 is 0. The molecule has 1 heterocycles. The minimum atomic E-state index is 0.771. The van der Waals surface area contributed by atoms with Crippen LogP contribution >= 0.6 is 0 Å². The van der Waals surface area contributed by atoms with Gasteiger partial charge in [0.25, 0.3) is 0 Å². The summed E-state index contributed by atoms with van der Waals surface area (Å²) in [5, 5.41) is 0. The monoisotopic (exact) mass is 229 g/mol. The van der Waals surface area contributed by atoms with E-state index in [2.05, 4.69) is 37.0 Å². The zero-order valence-electron chi connectivity index (χ0n) is 10.5. The Bertz CT molecular complexity index is 500. The van der Waals surface area contributed by atoms with E-state index in [4.69, 9.17) is 5.73 Å². The number of imidazole rings is 1. The molecule has 90 valence electrons. The first-order valence-corrected chi connectivity index (χ1v) is 6.16. The van der Waals surface area contributed by atoms with Gasteiger partial charge in [0.05, 0.1) is 6.33 Å². The van der Waals surface area contributed by atoms with Gasteiger partial charge in [-0.1, -0.05) is 38.1 Å². The lowest BCUT2D eigenvalue weighted by Gasteiger charge is -2.07. The van der Waals surface area contributed by atoms with Crippen molar-refractivity contribution >= 4 is 5.82 Å². The summed E-state index contributed by atoms with van der Waals surface area (Å²) in [6.07, 6.45) is 3.90. The van der Waals surface area contributed by atoms with E-state index < -0.39 is 0 Å². The molecule has 3 heteroatoms. The maximum atomic E-state index is 6.15. The molecule has 1 aromatic heterocycles. The van der Waals surface area contributed by atoms with E-state index in [0.29, 0.717) is 0 Å². The van der Waals surface area contributed by atoms with E-state index in [0.717, 1.165) is 36.5 Å². The fraction of sp³-hybridized carbons (Fsp3) is 0.357. The average Bonchev–Trinajstić information content (AvgIpc) is 2.72. The first kappa shape index (κ1) is 11.7. The second kappa shape index (κ2) is 5.04. The Morgan fingerprint density at radius 1 is 1.24 bits per heavy atom. The summed E-state index contributed by atoms with van der Waals surface area (Å²) in [6.45, 7) is 5.21. The highest BCUT2D eigenvalue weighted by Gasteiger charge is 2.11. The molecule has 0 amide bonds. The number of rotatable bonds is 4. The third-order valence-electron chi connectivity index (χ3n) is 3.00. The molecule has 3 nitrogen and oxygen atoms in total. The number of aryl methyl sites for hydroxylation is 2. The maximum Gasteiger partial charge on any atom is 0.131 e. The van der Waals surface area contributed by atoms with Crippen molar-refractivity contribution in [3.8, 4) is 11.3 Å². The molecular formula is C14H19N3. The van der Waals surface area contributed by atoms with Gasteiger partial charge in [-0.15, -0.1) is 0 Å². The molecule has 0 saturated carbocycles. The number of anilines is 1. The Kier molecular flexibility index (Phi) is 3.47. The number of hydrogen-bond donors (Lipinski definition) is 1. The van der Waals surface area contributed by atoms with Gasteiger partial charge >= 0.3 is 0 Å². The number of nitrogens with two attached hydrogens (primary N) is 1. The molecule has 1 aromatic carbocycles. The SMILES string of the molecule is CCCn1cnc(-c2ccccc2CC)c1N. The molecule has 0 atom stereocenters. The fourth-order valence-corrected chi connectivity index (χ4v) is 2.08. The summed E-state index contributed by atoms with van der Waals surface area (Å²) in [5.41, 5.74) is 9.51. The Labute approximate surface area is 102 Å². The molecule has 0 aliphatic heterocycles. The summed E-state index contributed by atoms with van der Waals surface area (Å²) in [5.74, 6) is 0.771. The quantitative estimate of drug-likeness (QED) is 0.875. The molecule has 0 fully saturated rings. The van der Waals surface area contributed by atoms with Crippen molar-refractivity contribution < 1.29 is 0 Å². The van der Waals surface area contributed by atoms with Gasteiger partial charge < -0.3 is 10.3 Å². The third-order valence-corrected chi connectivity index (χ3v) is 3.00. The van der Waals surface area contributed by atoms with Crippen LogP contribution in [0.5, 0.6) is 0 Å². The van der Waals surface area contributed by atoms with Crippen LogP contribution in [0.15, 0.2) is 30.6 Å².